The highest BCUT2D eigenvalue weighted by Gasteiger charge is 2.36. The number of carboxylic acids is 2. The molecule has 0 aliphatic carbocycles. The molecule has 1 amide bonds. The van der Waals surface area contributed by atoms with E-state index in [4.69, 9.17) is 26.6 Å². The van der Waals surface area contributed by atoms with Gasteiger partial charge in [0.25, 0.3) is 5.91 Å². The van der Waals surface area contributed by atoms with E-state index >= 15 is 0 Å². The predicted molar refractivity (Wildman–Crippen MR) is 144 cm³/mol. The molecular formula is C28H32ClN3O6. The van der Waals surface area contributed by atoms with Gasteiger partial charge in [-0.3, -0.25) is 4.79 Å². The van der Waals surface area contributed by atoms with Crippen LogP contribution in [0.2, 0.25) is 5.02 Å². The van der Waals surface area contributed by atoms with Gasteiger partial charge >= 0.3 is 11.9 Å². The first kappa shape index (κ1) is 27.5. The molecule has 202 valence electrons. The van der Waals surface area contributed by atoms with E-state index in [2.05, 4.69) is 39.4 Å². The first-order valence-corrected chi connectivity index (χ1v) is 13.1. The molecule has 2 bridgehead atoms. The number of carbonyl (C=O) groups excluding carboxylic acids is 1. The lowest BCUT2D eigenvalue weighted by atomic mass is 9.84. The van der Waals surface area contributed by atoms with Crippen LogP contribution in [0, 0.1) is 5.92 Å². The number of nitrogens with one attached hydrogen (secondary N) is 1. The van der Waals surface area contributed by atoms with Gasteiger partial charge in [0.15, 0.2) is 5.75 Å². The van der Waals surface area contributed by atoms with Gasteiger partial charge in [0.2, 0.25) is 0 Å². The fourth-order valence-electron chi connectivity index (χ4n) is 5.17. The minimum absolute atomic E-state index is 0.0718. The van der Waals surface area contributed by atoms with Crippen LogP contribution in [0.5, 0.6) is 5.75 Å². The van der Waals surface area contributed by atoms with Gasteiger partial charge in [0, 0.05) is 36.3 Å². The van der Waals surface area contributed by atoms with Gasteiger partial charge in [-0.05, 0) is 56.0 Å². The van der Waals surface area contributed by atoms with E-state index in [9.17, 15) is 14.4 Å². The summed E-state index contributed by atoms with van der Waals surface area (Å²) in [6.45, 7) is 5.49. The van der Waals surface area contributed by atoms with Crippen LogP contribution in [-0.2, 0) is 16.0 Å². The molecule has 1 atom stereocenters. The molecule has 4 aliphatic heterocycles. The number of amides is 1. The van der Waals surface area contributed by atoms with E-state index in [1.807, 2.05) is 12.1 Å². The summed E-state index contributed by atoms with van der Waals surface area (Å²) in [5.74, 6) is -1.34. The molecule has 3 saturated heterocycles. The van der Waals surface area contributed by atoms with Crippen molar-refractivity contribution in [2.75, 3.05) is 44.2 Å². The number of hydrogen-bond donors (Lipinski definition) is 3. The van der Waals surface area contributed by atoms with E-state index in [1.54, 1.807) is 6.07 Å². The van der Waals surface area contributed by atoms with Gasteiger partial charge in [-0.25, -0.2) is 9.59 Å². The van der Waals surface area contributed by atoms with E-state index in [0.717, 1.165) is 44.8 Å². The second kappa shape index (κ2) is 12.8. The molecule has 1 unspecified atom stereocenters. The molecule has 0 radical (unpaired) electrons. The lowest BCUT2D eigenvalue weighted by Crippen LogP contribution is -2.57. The SMILES string of the molecule is O=C(NC1CN2CCC1CC2)c1cc(Cl)cc2c1OCCN2CCc1ccccc1.O=C(O)C=CC(=O)O. The molecule has 9 nitrogen and oxygen atoms in total. The maximum atomic E-state index is 13.2. The van der Waals surface area contributed by atoms with Crippen molar-refractivity contribution in [2.24, 2.45) is 5.92 Å². The van der Waals surface area contributed by atoms with Crippen LogP contribution in [0.15, 0.2) is 54.6 Å². The van der Waals surface area contributed by atoms with Crippen LogP contribution >= 0.6 is 11.6 Å². The molecule has 0 aromatic heterocycles. The number of benzene rings is 2. The first-order valence-electron chi connectivity index (χ1n) is 12.7. The van der Waals surface area contributed by atoms with E-state index in [0.29, 0.717) is 41.0 Å². The number of fused-ring (bicyclic) bond motifs is 4. The van der Waals surface area contributed by atoms with Gasteiger partial charge in [0.05, 0.1) is 17.8 Å². The Kier molecular flexibility index (Phi) is 9.25. The highest BCUT2D eigenvalue weighted by Crippen LogP contribution is 2.38. The number of carboxylic acid groups (broad SMARTS) is 2. The third-order valence-electron chi connectivity index (χ3n) is 7.08. The molecule has 2 aromatic carbocycles. The summed E-state index contributed by atoms with van der Waals surface area (Å²) < 4.78 is 5.99. The largest absolute Gasteiger partial charge is 0.489 e. The number of halogens is 1. The van der Waals surface area contributed by atoms with Crippen LogP contribution in [0.25, 0.3) is 0 Å². The summed E-state index contributed by atoms with van der Waals surface area (Å²) in [4.78, 5) is 37.0. The summed E-state index contributed by atoms with van der Waals surface area (Å²) in [6.07, 6.45) is 4.39. The number of rotatable bonds is 7. The number of piperidine rings is 3. The molecule has 0 spiro atoms. The molecule has 4 heterocycles. The minimum Gasteiger partial charge on any atom is -0.489 e. The summed E-state index contributed by atoms with van der Waals surface area (Å²) in [6, 6.07) is 14.3. The summed E-state index contributed by atoms with van der Waals surface area (Å²) in [5.41, 5.74) is 2.77. The monoisotopic (exact) mass is 541 g/mol. The zero-order valence-corrected chi connectivity index (χ0v) is 21.8. The first-order chi connectivity index (χ1) is 18.3. The van der Waals surface area contributed by atoms with Gasteiger partial charge in [-0.15, -0.1) is 0 Å². The van der Waals surface area contributed by atoms with Gasteiger partial charge in [0.1, 0.15) is 6.61 Å². The average Bonchev–Trinajstić information content (AvgIpc) is 2.92. The van der Waals surface area contributed by atoms with Gasteiger partial charge in [-0.2, -0.15) is 0 Å². The van der Waals surface area contributed by atoms with Crippen molar-refractivity contribution in [1.29, 1.82) is 0 Å². The Morgan fingerprint density at radius 1 is 1.03 bits per heavy atom. The van der Waals surface area contributed by atoms with Crippen molar-refractivity contribution in [3.8, 4) is 5.75 Å². The fourth-order valence-corrected chi connectivity index (χ4v) is 5.38. The molecule has 4 aliphatic rings. The maximum Gasteiger partial charge on any atom is 0.328 e. The number of hydrogen-bond acceptors (Lipinski definition) is 6. The molecule has 10 heteroatoms. The normalized spacial score (nSPS) is 21.6. The summed E-state index contributed by atoms with van der Waals surface area (Å²) >= 11 is 6.44. The van der Waals surface area contributed by atoms with Gasteiger partial charge in [-0.1, -0.05) is 41.9 Å². The molecule has 3 fully saturated rings. The Balaban J connectivity index is 0.000000368. The van der Waals surface area contributed by atoms with Crippen molar-refractivity contribution < 1.29 is 29.3 Å². The van der Waals surface area contributed by atoms with Crippen molar-refractivity contribution in [3.05, 3.63) is 70.8 Å². The van der Waals surface area contributed by atoms with Crippen molar-refractivity contribution in [3.63, 3.8) is 0 Å². The third kappa shape index (κ3) is 7.26. The predicted octanol–water partition coefficient (Wildman–Crippen LogP) is 3.32. The number of aliphatic carboxylic acids is 2. The van der Waals surface area contributed by atoms with Crippen LogP contribution in [-0.4, -0.2) is 78.3 Å². The van der Waals surface area contributed by atoms with Crippen molar-refractivity contribution in [2.45, 2.75) is 25.3 Å². The quantitative estimate of drug-likeness (QED) is 0.457. The molecule has 38 heavy (non-hydrogen) atoms. The zero-order chi connectivity index (χ0) is 27.1. The molecule has 3 N–H and O–H groups in total. The van der Waals surface area contributed by atoms with Crippen molar-refractivity contribution in [1.82, 2.24) is 10.2 Å². The Hall–Kier alpha value is -3.56. The van der Waals surface area contributed by atoms with E-state index < -0.39 is 11.9 Å². The second-order valence-electron chi connectivity index (χ2n) is 9.60. The topological polar surface area (TPSA) is 119 Å². The summed E-state index contributed by atoms with van der Waals surface area (Å²) in [5, 5.41) is 19.5. The van der Waals surface area contributed by atoms with Crippen LogP contribution in [0.4, 0.5) is 5.69 Å². The highest BCUT2D eigenvalue weighted by atomic mass is 35.5. The standard InChI is InChI=1S/C24H28ClN3O2.C4H4O4/c25-19-14-20(24(29)26-21-16-27-9-7-18(21)8-10-27)23-22(15-19)28(12-13-30-23)11-6-17-4-2-1-3-5-17;5-3(6)1-2-4(7)8/h1-5,14-15,18,21H,6-13,16H2,(H,26,29);1-2H,(H,5,6)(H,7,8). The van der Waals surface area contributed by atoms with Crippen molar-refractivity contribution >= 4 is 35.1 Å². The lowest BCUT2D eigenvalue weighted by Gasteiger charge is -2.45. The smallest absolute Gasteiger partial charge is 0.328 e. The third-order valence-corrected chi connectivity index (χ3v) is 7.30. The Morgan fingerprint density at radius 2 is 1.71 bits per heavy atom. The Morgan fingerprint density at radius 3 is 2.32 bits per heavy atom. The molecule has 0 saturated carbocycles. The van der Waals surface area contributed by atoms with Crippen LogP contribution in [0.1, 0.15) is 28.8 Å². The van der Waals surface area contributed by atoms with E-state index in [-0.39, 0.29) is 11.9 Å². The van der Waals surface area contributed by atoms with Gasteiger partial charge < -0.3 is 30.1 Å². The number of nitrogens with zero attached hydrogens (tertiary/aromatic N) is 2. The maximum absolute atomic E-state index is 13.2. The highest BCUT2D eigenvalue weighted by molar-refractivity contribution is 6.31. The number of ether oxygens (including phenoxy) is 1. The molecule has 6 rings (SSSR count). The van der Waals surface area contributed by atoms with Crippen LogP contribution in [0.3, 0.4) is 0 Å². The fraction of sp³-hybridized carbons (Fsp3) is 0.393. The van der Waals surface area contributed by atoms with E-state index in [1.165, 1.54) is 18.4 Å². The minimum atomic E-state index is -1.26. The average molecular weight is 542 g/mol. The zero-order valence-electron chi connectivity index (χ0n) is 21.0. The lowest BCUT2D eigenvalue weighted by molar-refractivity contribution is -0.134. The Bertz CT molecular complexity index is 1160. The second-order valence-corrected chi connectivity index (χ2v) is 10.0. The molecular weight excluding hydrogens is 510 g/mol. The summed E-state index contributed by atoms with van der Waals surface area (Å²) in [7, 11) is 0. The van der Waals surface area contributed by atoms with Crippen LogP contribution < -0.4 is 15.0 Å². The Labute approximate surface area is 226 Å². The number of carbonyl (C=O) groups is 3. The number of anilines is 1. The molecule has 2 aromatic rings.